The lowest BCUT2D eigenvalue weighted by atomic mass is 10.0. The van der Waals surface area contributed by atoms with Crippen LogP contribution in [0.5, 0.6) is 5.75 Å². The number of hydrogen-bond donors (Lipinski definition) is 1. The fourth-order valence-corrected chi connectivity index (χ4v) is 3.72. The second-order valence-corrected chi connectivity index (χ2v) is 7.47. The highest BCUT2D eigenvalue weighted by Gasteiger charge is 2.19. The molecule has 0 atom stereocenters. The predicted octanol–water partition coefficient (Wildman–Crippen LogP) is 5.76. The number of benzene rings is 2. The van der Waals surface area contributed by atoms with Crippen LogP contribution in [0.4, 0.5) is 14.6 Å². The maximum Gasteiger partial charge on any atom is 0.166 e. The number of halogens is 3. The molecule has 0 aliphatic carbocycles. The number of rotatable bonds is 3. The lowest BCUT2D eigenvalue weighted by molar-refractivity contribution is 0.477. The van der Waals surface area contributed by atoms with E-state index in [4.69, 9.17) is 4.98 Å². The summed E-state index contributed by atoms with van der Waals surface area (Å²) in [6.07, 6.45) is 2.13. The molecular formula is C21H17BrF2N2O. The first-order chi connectivity index (χ1) is 13.0. The van der Waals surface area contributed by atoms with E-state index in [1.54, 1.807) is 36.4 Å². The molecule has 1 aliphatic heterocycles. The molecule has 27 heavy (non-hydrogen) atoms. The average Bonchev–Trinajstić information content (AvgIpc) is 3.20. The molecule has 0 spiro atoms. The van der Waals surface area contributed by atoms with Crippen LogP contribution < -0.4 is 4.90 Å². The van der Waals surface area contributed by atoms with Gasteiger partial charge in [0.05, 0.1) is 5.69 Å². The summed E-state index contributed by atoms with van der Waals surface area (Å²) in [6, 6.07) is 12.7. The van der Waals surface area contributed by atoms with E-state index in [0.29, 0.717) is 22.6 Å². The Balaban J connectivity index is 1.92. The van der Waals surface area contributed by atoms with Gasteiger partial charge in [-0.1, -0.05) is 28.1 Å². The molecule has 0 radical (unpaired) electrons. The van der Waals surface area contributed by atoms with Crippen molar-refractivity contribution >= 4 is 21.7 Å². The Bertz CT molecular complexity index is 983. The minimum Gasteiger partial charge on any atom is -0.507 e. The number of aromatic nitrogens is 1. The highest BCUT2D eigenvalue weighted by molar-refractivity contribution is 9.10. The molecule has 0 saturated carbocycles. The Hall–Kier alpha value is -2.47. The smallest absolute Gasteiger partial charge is 0.166 e. The maximum absolute atomic E-state index is 14.4. The maximum atomic E-state index is 14.4. The predicted molar refractivity (Wildman–Crippen MR) is 106 cm³/mol. The molecule has 2 heterocycles. The molecule has 138 valence electrons. The van der Waals surface area contributed by atoms with Gasteiger partial charge in [0.1, 0.15) is 11.6 Å². The molecule has 1 aliphatic rings. The second kappa shape index (κ2) is 7.27. The third-order valence-electron chi connectivity index (χ3n) is 4.74. The molecule has 6 heteroatoms. The fourth-order valence-electron chi connectivity index (χ4n) is 3.36. The largest absolute Gasteiger partial charge is 0.507 e. The van der Waals surface area contributed by atoms with Crippen LogP contribution in [0.2, 0.25) is 0 Å². The molecule has 2 aromatic carbocycles. The molecule has 1 N–H and O–H groups in total. The highest BCUT2D eigenvalue weighted by Crippen LogP contribution is 2.36. The van der Waals surface area contributed by atoms with Crippen LogP contribution in [-0.4, -0.2) is 23.2 Å². The zero-order valence-electron chi connectivity index (χ0n) is 14.4. The van der Waals surface area contributed by atoms with E-state index in [-0.39, 0.29) is 11.3 Å². The van der Waals surface area contributed by atoms with Gasteiger partial charge in [0.15, 0.2) is 11.6 Å². The molecule has 0 amide bonds. The number of pyridine rings is 1. The lowest BCUT2D eigenvalue weighted by Gasteiger charge is -2.19. The van der Waals surface area contributed by atoms with Gasteiger partial charge in [-0.05, 0) is 54.8 Å². The van der Waals surface area contributed by atoms with Gasteiger partial charge in [-0.2, -0.15) is 0 Å². The van der Waals surface area contributed by atoms with Crippen molar-refractivity contribution in [1.29, 1.82) is 0 Å². The van der Waals surface area contributed by atoms with Crippen molar-refractivity contribution in [2.24, 2.45) is 0 Å². The van der Waals surface area contributed by atoms with E-state index < -0.39 is 11.6 Å². The summed E-state index contributed by atoms with van der Waals surface area (Å²) in [5.41, 5.74) is 1.74. The molecule has 4 rings (SSSR count). The lowest BCUT2D eigenvalue weighted by Crippen LogP contribution is -2.19. The summed E-state index contributed by atoms with van der Waals surface area (Å²) in [6.45, 7) is 1.73. The third kappa shape index (κ3) is 3.54. The molecule has 3 nitrogen and oxygen atoms in total. The van der Waals surface area contributed by atoms with E-state index in [9.17, 15) is 13.9 Å². The van der Waals surface area contributed by atoms with E-state index in [0.717, 1.165) is 36.5 Å². The number of aromatic hydroxyl groups is 1. The number of nitrogens with zero attached hydrogens (tertiary/aromatic N) is 2. The summed E-state index contributed by atoms with van der Waals surface area (Å²) in [7, 11) is 0. The van der Waals surface area contributed by atoms with E-state index >= 15 is 0 Å². The van der Waals surface area contributed by atoms with E-state index in [1.807, 2.05) is 0 Å². The molecule has 1 aromatic heterocycles. The van der Waals surface area contributed by atoms with Crippen molar-refractivity contribution in [2.75, 3.05) is 18.0 Å². The third-order valence-corrected chi connectivity index (χ3v) is 5.23. The van der Waals surface area contributed by atoms with Crippen LogP contribution >= 0.6 is 15.9 Å². The molecule has 3 aromatic rings. The van der Waals surface area contributed by atoms with Crippen molar-refractivity contribution < 1.29 is 13.9 Å². The molecule has 0 unspecified atom stereocenters. The van der Waals surface area contributed by atoms with Gasteiger partial charge < -0.3 is 10.0 Å². The van der Waals surface area contributed by atoms with Gasteiger partial charge in [-0.3, -0.25) is 0 Å². The Morgan fingerprint density at radius 2 is 1.74 bits per heavy atom. The van der Waals surface area contributed by atoms with Crippen LogP contribution in [0.15, 0.2) is 53.0 Å². The Kier molecular flexibility index (Phi) is 4.83. The molecule has 0 bridgehead atoms. The Morgan fingerprint density at radius 1 is 0.963 bits per heavy atom. The van der Waals surface area contributed by atoms with E-state index in [2.05, 4.69) is 20.8 Å². The van der Waals surface area contributed by atoms with Gasteiger partial charge in [-0.25, -0.2) is 13.8 Å². The summed E-state index contributed by atoms with van der Waals surface area (Å²) in [5.74, 6) is -1.00. The first-order valence-electron chi connectivity index (χ1n) is 8.73. The first-order valence-corrected chi connectivity index (χ1v) is 9.52. The van der Waals surface area contributed by atoms with Crippen molar-refractivity contribution in [2.45, 2.75) is 12.8 Å². The van der Waals surface area contributed by atoms with Crippen molar-refractivity contribution in [3.63, 3.8) is 0 Å². The second-order valence-electron chi connectivity index (χ2n) is 6.56. The molecular weight excluding hydrogens is 414 g/mol. The Morgan fingerprint density at radius 3 is 2.52 bits per heavy atom. The van der Waals surface area contributed by atoms with Crippen LogP contribution in [0.1, 0.15) is 12.8 Å². The fraction of sp³-hybridized carbons (Fsp3) is 0.190. The number of phenols is 1. The average molecular weight is 431 g/mol. The van der Waals surface area contributed by atoms with Crippen LogP contribution in [0.25, 0.3) is 22.4 Å². The van der Waals surface area contributed by atoms with E-state index in [1.165, 1.54) is 6.07 Å². The minimum absolute atomic E-state index is 0.0786. The van der Waals surface area contributed by atoms with Gasteiger partial charge in [-0.15, -0.1) is 0 Å². The van der Waals surface area contributed by atoms with Crippen LogP contribution in [0, 0.1) is 11.6 Å². The van der Waals surface area contributed by atoms with Crippen molar-refractivity contribution in [1.82, 2.24) is 4.98 Å². The summed E-state index contributed by atoms with van der Waals surface area (Å²) in [4.78, 5) is 6.82. The first kappa shape index (κ1) is 17.9. The van der Waals surface area contributed by atoms with Gasteiger partial charge in [0, 0.05) is 28.7 Å². The molecule has 1 saturated heterocycles. The number of anilines is 1. The van der Waals surface area contributed by atoms with Crippen molar-refractivity contribution in [3.05, 3.63) is 64.6 Å². The van der Waals surface area contributed by atoms with Gasteiger partial charge in [0.2, 0.25) is 0 Å². The zero-order valence-corrected chi connectivity index (χ0v) is 16.0. The summed E-state index contributed by atoms with van der Waals surface area (Å²) >= 11 is 3.40. The number of hydrogen-bond acceptors (Lipinski definition) is 3. The molecule has 1 fully saturated rings. The summed E-state index contributed by atoms with van der Waals surface area (Å²) < 4.78 is 29.0. The van der Waals surface area contributed by atoms with Gasteiger partial charge in [0.25, 0.3) is 0 Å². The standard InChI is InChI=1S/C21H17BrF2N2O/c22-14-6-7-19(27)16(12-14)18-10-13(15-4-3-5-17(23)21(15)24)11-20(25-18)26-8-1-2-9-26/h3-7,10-12,27H,1-2,8-9H2. The topological polar surface area (TPSA) is 36.4 Å². The van der Waals surface area contributed by atoms with Crippen LogP contribution in [0.3, 0.4) is 0 Å². The summed E-state index contributed by atoms with van der Waals surface area (Å²) in [5, 5.41) is 10.3. The van der Waals surface area contributed by atoms with Crippen molar-refractivity contribution in [3.8, 4) is 28.1 Å². The van der Waals surface area contributed by atoms with Gasteiger partial charge >= 0.3 is 0 Å². The minimum atomic E-state index is -0.890. The monoisotopic (exact) mass is 430 g/mol. The normalized spacial score (nSPS) is 14.0. The highest BCUT2D eigenvalue weighted by atomic mass is 79.9. The SMILES string of the molecule is Oc1ccc(Br)cc1-c1cc(-c2cccc(F)c2F)cc(N2CCCC2)n1. The zero-order chi connectivity index (χ0) is 19.0. The quantitative estimate of drug-likeness (QED) is 0.573. The Labute approximate surface area is 164 Å². The number of phenolic OH excluding ortho intramolecular Hbond substituents is 1. The van der Waals surface area contributed by atoms with Crippen LogP contribution in [-0.2, 0) is 0 Å².